The first kappa shape index (κ1) is 24.2. The summed E-state index contributed by atoms with van der Waals surface area (Å²) in [5.74, 6) is 1.62. The van der Waals surface area contributed by atoms with Crippen LogP contribution in [0.5, 0.6) is 0 Å². The topological polar surface area (TPSA) is 18.5 Å². The van der Waals surface area contributed by atoms with Gasteiger partial charge >= 0.3 is 0 Å². The van der Waals surface area contributed by atoms with Crippen LogP contribution < -0.4 is 0 Å². The normalized spacial score (nSPS) is 33.6. The van der Waals surface area contributed by atoms with Crippen LogP contribution in [0.15, 0.2) is 0 Å². The molecule has 1 saturated heterocycles. The Balaban J connectivity index is 2.02. The zero-order valence-corrected chi connectivity index (χ0v) is 19.8. The van der Waals surface area contributed by atoms with Gasteiger partial charge in [0.2, 0.25) is 0 Å². The van der Waals surface area contributed by atoms with E-state index in [1.807, 2.05) is 0 Å². The third kappa shape index (κ3) is 7.31. The molecule has 0 aromatic rings. The summed E-state index contributed by atoms with van der Waals surface area (Å²) in [7, 11) is 0. The average Bonchev–Trinajstić information content (AvgIpc) is 2.64. The smallest absolute Gasteiger partial charge is 0.172 e. The summed E-state index contributed by atoms with van der Waals surface area (Å²) in [6, 6.07) is 0. The number of hydrogen-bond acceptors (Lipinski definition) is 2. The van der Waals surface area contributed by atoms with Gasteiger partial charge in [-0.05, 0) is 31.1 Å². The van der Waals surface area contributed by atoms with Crippen LogP contribution in [-0.4, -0.2) is 18.0 Å². The van der Waals surface area contributed by atoms with E-state index in [0.29, 0.717) is 24.0 Å². The molecule has 2 rings (SSSR count). The maximum atomic E-state index is 6.90. The van der Waals surface area contributed by atoms with Crippen molar-refractivity contribution in [1.82, 2.24) is 0 Å². The van der Waals surface area contributed by atoms with E-state index in [2.05, 4.69) is 34.6 Å². The Morgan fingerprint density at radius 3 is 1.86 bits per heavy atom. The van der Waals surface area contributed by atoms with Crippen LogP contribution in [0.25, 0.3) is 0 Å². The van der Waals surface area contributed by atoms with E-state index in [0.717, 1.165) is 18.8 Å². The zero-order valence-electron chi connectivity index (χ0n) is 19.8. The van der Waals surface area contributed by atoms with Crippen molar-refractivity contribution in [2.75, 3.05) is 0 Å². The first-order valence-corrected chi connectivity index (χ1v) is 12.9. The summed E-state index contributed by atoms with van der Waals surface area (Å²) in [4.78, 5) is 0. The third-order valence-corrected chi connectivity index (χ3v) is 7.24. The van der Waals surface area contributed by atoms with Gasteiger partial charge < -0.3 is 9.47 Å². The van der Waals surface area contributed by atoms with Gasteiger partial charge in [-0.3, -0.25) is 0 Å². The fourth-order valence-corrected chi connectivity index (χ4v) is 5.64. The Hall–Kier alpha value is -0.0800. The average molecular weight is 395 g/mol. The molecular formula is C26H50O2. The van der Waals surface area contributed by atoms with E-state index < -0.39 is 0 Å². The summed E-state index contributed by atoms with van der Waals surface area (Å²) in [6.45, 7) is 11.7. The number of unbranched alkanes of at least 4 members (excludes halogenated alkanes) is 7. The van der Waals surface area contributed by atoms with Gasteiger partial charge in [-0.2, -0.15) is 0 Å². The quantitative estimate of drug-likeness (QED) is 0.310. The predicted molar refractivity (Wildman–Crippen MR) is 121 cm³/mol. The molecule has 1 aliphatic heterocycles. The molecule has 1 spiro atoms. The van der Waals surface area contributed by atoms with Crippen molar-refractivity contribution in [3.63, 3.8) is 0 Å². The Labute approximate surface area is 176 Å². The lowest BCUT2D eigenvalue weighted by Gasteiger charge is -2.53. The van der Waals surface area contributed by atoms with Gasteiger partial charge in [-0.1, -0.05) is 98.8 Å². The molecule has 1 heterocycles. The van der Waals surface area contributed by atoms with Crippen LogP contribution in [-0.2, 0) is 9.47 Å². The molecule has 1 unspecified atom stereocenters. The van der Waals surface area contributed by atoms with Crippen molar-refractivity contribution in [3.8, 4) is 0 Å². The molecular weight excluding hydrogens is 344 g/mol. The minimum atomic E-state index is -0.298. The van der Waals surface area contributed by atoms with Crippen molar-refractivity contribution >= 4 is 0 Å². The van der Waals surface area contributed by atoms with E-state index in [1.165, 1.54) is 83.5 Å². The van der Waals surface area contributed by atoms with E-state index >= 15 is 0 Å². The van der Waals surface area contributed by atoms with Crippen LogP contribution in [0.1, 0.15) is 131 Å². The van der Waals surface area contributed by atoms with Gasteiger partial charge in [0, 0.05) is 18.8 Å². The largest absolute Gasteiger partial charge is 0.346 e. The second kappa shape index (κ2) is 12.6. The Bertz CT molecular complexity index is 407. The van der Waals surface area contributed by atoms with Gasteiger partial charge in [-0.25, -0.2) is 0 Å². The summed E-state index contributed by atoms with van der Waals surface area (Å²) in [6.07, 6.45) is 20.3. The van der Waals surface area contributed by atoms with E-state index in [-0.39, 0.29) is 5.79 Å². The van der Waals surface area contributed by atoms with Gasteiger partial charge in [0.05, 0.1) is 12.2 Å². The molecule has 1 aliphatic carbocycles. The second-order valence-corrected chi connectivity index (χ2v) is 10.3. The SMILES string of the molecule is CCCCCCC[C@H]1C[C@@H](CCCCCC)OC2(C[C@H](C)CC[C@H]2C(C)C)O1. The first-order valence-electron chi connectivity index (χ1n) is 12.9. The molecule has 0 aromatic carbocycles. The summed E-state index contributed by atoms with van der Waals surface area (Å²) < 4.78 is 13.8. The summed E-state index contributed by atoms with van der Waals surface area (Å²) >= 11 is 0. The molecule has 2 fully saturated rings. The van der Waals surface area contributed by atoms with Crippen LogP contribution in [0.4, 0.5) is 0 Å². The van der Waals surface area contributed by atoms with Gasteiger partial charge in [0.15, 0.2) is 5.79 Å². The standard InChI is InChI=1S/C26H50O2/c1-6-8-10-12-14-16-24-19-23(15-13-11-9-7-2)27-26(28-24)20-22(5)17-18-25(26)21(3)4/h21-25H,6-20H2,1-5H3/t22-,23-,24+,25+,26?/m1/s1. The predicted octanol–water partition coefficient (Wildman–Crippen LogP) is 8.28. The monoisotopic (exact) mass is 394 g/mol. The maximum Gasteiger partial charge on any atom is 0.172 e. The van der Waals surface area contributed by atoms with Crippen molar-refractivity contribution in [2.24, 2.45) is 17.8 Å². The number of ether oxygens (including phenoxy) is 2. The molecule has 28 heavy (non-hydrogen) atoms. The molecule has 2 nitrogen and oxygen atoms in total. The number of rotatable bonds is 12. The van der Waals surface area contributed by atoms with Gasteiger partial charge in [0.25, 0.3) is 0 Å². The molecule has 0 amide bonds. The highest BCUT2D eigenvalue weighted by Gasteiger charge is 2.51. The fraction of sp³-hybridized carbons (Fsp3) is 1.00. The molecule has 2 aliphatic rings. The van der Waals surface area contributed by atoms with Crippen molar-refractivity contribution in [1.29, 1.82) is 0 Å². The van der Waals surface area contributed by atoms with Gasteiger partial charge in [-0.15, -0.1) is 0 Å². The molecule has 1 saturated carbocycles. The van der Waals surface area contributed by atoms with E-state index in [9.17, 15) is 0 Å². The van der Waals surface area contributed by atoms with Crippen molar-refractivity contribution < 1.29 is 9.47 Å². The Morgan fingerprint density at radius 1 is 0.786 bits per heavy atom. The van der Waals surface area contributed by atoms with Crippen LogP contribution in [0.3, 0.4) is 0 Å². The minimum Gasteiger partial charge on any atom is -0.346 e. The van der Waals surface area contributed by atoms with Crippen LogP contribution in [0, 0.1) is 17.8 Å². The number of hydrogen-bond donors (Lipinski definition) is 0. The molecule has 5 atom stereocenters. The molecule has 166 valence electrons. The minimum absolute atomic E-state index is 0.298. The summed E-state index contributed by atoms with van der Waals surface area (Å²) in [5, 5.41) is 0. The highest BCUT2D eigenvalue weighted by Crippen LogP contribution is 2.49. The van der Waals surface area contributed by atoms with E-state index in [1.54, 1.807) is 0 Å². The lowest BCUT2D eigenvalue weighted by molar-refractivity contribution is -0.360. The zero-order chi connectivity index (χ0) is 20.4. The van der Waals surface area contributed by atoms with Crippen molar-refractivity contribution in [2.45, 2.75) is 149 Å². The van der Waals surface area contributed by atoms with Crippen molar-refractivity contribution in [3.05, 3.63) is 0 Å². The third-order valence-electron chi connectivity index (χ3n) is 7.24. The highest BCUT2D eigenvalue weighted by molar-refractivity contribution is 4.93. The first-order chi connectivity index (χ1) is 13.5. The molecule has 0 bridgehead atoms. The van der Waals surface area contributed by atoms with Crippen LogP contribution >= 0.6 is 0 Å². The fourth-order valence-electron chi connectivity index (χ4n) is 5.64. The summed E-state index contributed by atoms with van der Waals surface area (Å²) in [5.41, 5.74) is 0. The molecule has 0 N–H and O–H groups in total. The molecule has 0 radical (unpaired) electrons. The maximum absolute atomic E-state index is 6.90. The lowest BCUT2D eigenvalue weighted by atomic mass is 9.72. The molecule has 2 heteroatoms. The Morgan fingerprint density at radius 2 is 1.32 bits per heavy atom. The van der Waals surface area contributed by atoms with Gasteiger partial charge in [0.1, 0.15) is 0 Å². The Kier molecular flexibility index (Phi) is 10.9. The molecule has 0 aromatic heterocycles. The lowest BCUT2D eigenvalue weighted by Crippen LogP contribution is -2.57. The van der Waals surface area contributed by atoms with E-state index in [4.69, 9.17) is 9.47 Å². The highest BCUT2D eigenvalue weighted by atomic mass is 16.7. The second-order valence-electron chi connectivity index (χ2n) is 10.3. The van der Waals surface area contributed by atoms with Crippen LogP contribution in [0.2, 0.25) is 0 Å².